The van der Waals surface area contributed by atoms with Crippen LogP contribution in [0.3, 0.4) is 0 Å². The van der Waals surface area contributed by atoms with Crippen LogP contribution in [0.25, 0.3) is 0 Å². The molecular formula is C19H33IN4. The third-order valence-electron chi connectivity index (χ3n) is 4.65. The summed E-state index contributed by atoms with van der Waals surface area (Å²) in [6.45, 7) is 11.6. The van der Waals surface area contributed by atoms with Crippen LogP contribution < -0.4 is 11.1 Å². The van der Waals surface area contributed by atoms with E-state index < -0.39 is 0 Å². The Balaban J connectivity index is 0.00000288. The molecule has 1 fully saturated rings. The molecule has 0 amide bonds. The Kier molecular flexibility index (Phi) is 8.50. The summed E-state index contributed by atoms with van der Waals surface area (Å²) in [6, 6.07) is 10.8. The summed E-state index contributed by atoms with van der Waals surface area (Å²) in [5.74, 6) is 1.50. The first-order chi connectivity index (χ1) is 10.9. The van der Waals surface area contributed by atoms with E-state index in [1.807, 2.05) is 6.07 Å². The number of hydrogen-bond acceptors (Lipinski definition) is 2. The van der Waals surface area contributed by atoms with E-state index in [1.165, 1.54) is 18.4 Å². The molecule has 0 bridgehead atoms. The van der Waals surface area contributed by atoms with Crippen molar-refractivity contribution in [2.45, 2.75) is 52.1 Å². The molecule has 1 saturated heterocycles. The minimum atomic E-state index is -0.0943. The van der Waals surface area contributed by atoms with Crippen molar-refractivity contribution in [3.8, 4) is 0 Å². The van der Waals surface area contributed by atoms with E-state index in [0.717, 1.165) is 19.0 Å². The topological polar surface area (TPSA) is 53.6 Å². The molecule has 1 aliphatic rings. The van der Waals surface area contributed by atoms with Gasteiger partial charge in [0, 0.05) is 24.7 Å². The lowest BCUT2D eigenvalue weighted by Gasteiger charge is -2.33. The number of hydrogen-bond donors (Lipinski definition) is 2. The van der Waals surface area contributed by atoms with Crippen LogP contribution in [0.5, 0.6) is 0 Å². The maximum atomic E-state index is 6.19. The summed E-state index contributed by atoms with van der Waals surface area (Å²) in [5, 5.41) is 3.66. The lowest BCUT2D eigenvalue weighted by Crippen LogP contribution is -2.46. The number of piperidine rings is 1. The van der Waals surface area contributed by atoms with E-state index in [9.17, 15) is 0 Å². The Morgan fingerprint density at radius 1 is 1.29 bits per heavy atom. The van der Waals surface area contributed by atoms with Crippen LogP contribution in [0.4, 0.5) is 0 Å². The molecule has 4 nitrogen and oxygen atoms in total. The Bertz CT molecular complexity index is 507. The Morgan fingerprint density at radius 3 is 2.46 bits per heavy atom. The fourth-order valence-corrected chi connectivity index (χ4v) is 3.07. The lowest BCUT2D eigenvalue weighted by atomic mass is 9.99. The van der Waals surface area contributed by atoms with E-state index in [4.69, 9.17) is 5.73 Å². The van der Waals surface area contributed by atoms with Gasteiger partial charge in [0.05, 0.1) is 6.54 Å². The van der Waals surface area contributed by atoms with Gasteiger partial charge >= 0.3 is 0 Å². The second-order valence-electron chi connectivity index (χ2n) is 7.50. The normalized spacial score (nSPS) is 18.2. The van der Waals surface area contributed by atoms with Crippen molar-refractivity contribution in [2.75, 3.05) is 19.6 Å². The van der Waals surface area contributed by atoms with Gasteiger partial charge < -0.3 is 16.0 Å². The molecular weight excluding hydrogens is 411 g/mol. The average molecular weight is 444 g/mol. The second-order valence-corrected chi connectivity index (χ2v) is 7.50. The van der Waals surface area contributed by atoms with Gasteiger partial charge in [-0.3, -0.25) is 4.99 Å². The summed E-state index contributed by atoms with van der Waals surface area (Å²) in [5.41, 5.74) is 7.39. The van der Waals surface area contributed by atoms with E-state index in [1.54, 1.807) is 0 Å². The molecule has 0 aromatic heterocycles. The number of likely N-dealkylation sites (tertiary alicyclic amines) is 1. The predicted octanol–water partition coefficient (Wildman–Crippen LogP) is 3.78. The van der Waals surface area contributed by atoms with Gasteiger partial charge in [0.15, 0.2) is 5.96 Å². The highest BCUT2D eigenvalue weighted by Crippen LogP contribution is 2.18. The largest absolute Gasteiger partial charge is 0.370 e. The Hall–Kier alpha value is -0.820. The molecule has 1 atom stereocenters. The minimum absolute atomic E-state index is 0. The summed E-state index contributed by atoms with van der Waals surface area (Å²) >= 11 is 0. The van der Waals surface area contributed by atoms with Crippen LogP contribution in [-0.4, -0.2) is 36.0 Å². The van der Waals surface area contributed by atoms with Crippen molar-refractivity contribution in [1.82, 2.24) is 10.2 Å². The van der Waals surface area contributed by atoms with Crippen molar-refractivity contribution in [3.05, 3.63) is 35.9 Å². The van der Waals surface area contributed by atoms with Crippen LogP contribution in [0, 0.1) is 5.92 Å². The predicted molar refractivity (Wildman–Crippen MR) is 114 cm³/mol. The number of nitrogens with one attached hydrogen (secondary N) is 1. The highest BCUT2D eigenvalue weighted by atomic mass is 127. The number of aliphatic imine (C=N–C) groups is 1. The Morgan fingerprint density at radius 2 is 1.88 bits per heavy atom. The monoisotopic (exact) mass is 444 g/mol. The number of rotatable bonds is 5. The van der Waals surface area contributed by atoms with E-state index in [-0.39, 0.29) is 29.5 Å². The molecule has 136 valence electrons. The zero-order valence-corrected chi connectivity index (χ0v) is 17.8. The van der Waals surface area contributed by atoms with Gasteiger partial charge in [0.2, 0.25) is 0 Å². The lowest BCUT2D eigenvalue weighted by molar-refractivity contribution is 0.276. The SMILES string of the molecule is CC1CCN(C(N)=NCC(C)(C)NC(C)c2ccccc2)CC1.I. The first kappa shape index (κ1) is 21.2. The molecule has 1 aromatic rings. The molecule has 0 saturated carbocycles. The Labute approximate surface area is 164 Å². The first-order valence-corrected chi connectivity index (χ1v) is 8.75. The zero-order valence-electron chi connectivity index (χ0n) is 15.5. The highest BCUT2D eigenvalue weighted by Gasteiger charge is 2.22. The summed E-state index contributed by atoms with van der Waals surface area (Å²) in [7, 11) is 0. The van der Waals surface area contributed by atoms with Gasteiger partial charge in [-0.1, -0.05) is 37.3 Å². The van der Waals surface area contributed by atoms with Crippen LogP contribution in [0.2, 0.25) is 0 Å². The highest BCUT2D eigenvalue weighted by molar-refractivity contribution is 14.0. The molecule has 1 aliphatic heterocycles. The number of guanidine groups is 1. The number of benzene rings is 1. The van der Waals surface area contributed by atoms with Gasteiger partial charge in [-0.2, -0.15) is 0 Å². The van der Waals surface area contributed by atoms with Crippen LogP contribution >= 0.6 is 24.0 Å². The maximum Gasteiger partial charge on any atom is 0.191 e. The molecule has 1 aromatic carbocycles. The third-order valence-corrected chi connectivity index (χ3v) is 4.65. The van der Waals surface area contributed by atoms with E-state index in [2.05, 4.69) is 67.2 Å². The van der Waals surface area contributed by atoms with Gasteiger partial charge in [-0.25, -0.2) is 0 Å². The van der Waals surface area contributed by atoms with Gasteiger partial charge in [0.25, 0.3) is 0 Å². The fourth-order valence-electron chi connectivity index (χ4n) is 3.07. The molecule has 1 unspecified atom stereocenters. The van der Waals surface area contributed by atoms with Crippen molar-refractivity contribution in [1.29, 1.82) is 0 Å². The van der Waals surface area contributed by atoms with Crippen molar-refractivity contribution >= 4 is 29.9 Å². The quantitative estimate of drug-likeness (QED) is 0.413. The minimum Gasteiger partial charge on any atom is -0.370 e. The van der Waals surface area contributed by atoms with Gasteiger partial charge in [-0.05, 0) is 45.1 Å². The van der Waals surface area contributed by atoms with Gasteiger partial charge in [-0.15, -0.1) is 24.0 Å². The zero-order chi connectivity index (χ0) is 16.9. The van der Waals surface area contributed by atoms with Crippen LogP contribution in [-0.2, 0) is 0 Å². The number of halogens is 1. The molecule has 0 radical (unpaired) electrons. The first-order valence-electron chi connectivity index (χ1n) is 8.75. The molecule has 5 heteroatoms. The number of nitrogens with zero attached hydrogens (tertiary/aromatic N) is 2. The van der Waals surface area contributed by atoms with Gasteiger partial charge in [0.1, 0.15) is 0 Å². The van der Waals surface area contributed by atoms with Crippen LogP contribution in [0.1, 0.15) is 52.1 Å². The number of nitrogens with two attached hydrogens (primary N) is 1. The average Bonchev–Trinajstić information content (AvgIpc) is 2.54. The standard InChI is InChI=1S/C19H32N4.HI/c1-15-10-12-23(13-11-15)18(20)21-14-19(3,4)22-16(2)17-8-6-5-7-9-17;/h5-9,15-16,22H,10-14H2,1-4H3,(H2,20,21);1H. The molecule has 3 N–H and O–H groups in total. The fraction of sp³-hybridized carbons (Fsp3) is 0.632. The van der Waals surface area contributed by atoms with E-state index >= 15 is 0 Å². The van der Waals surface area contributed by atoms with Crippen molar-refractivity contribution < 1.29 is 0 Å². The molecule has 0 aliphatic carbocycles. The van der Waals surface area contributed by atoms with Crippen molar-refractivity contribution in [3.63, 3.8) is 0 Å². The maximum absolute atomic E-state index is 6.19. The smallest absolute Gasteiger partial charge is 0.191 e. The molecule has 24 heavy (non-hydrogen) atoms. The molecule has 2 rings (SSSR count). The summed E-state index contributed by atoms with van der Waals surface area (Å²) in [4.78, 5) is 6.87. The molecule has 1 heterocycles. The third kappa shape index (κ3) is 6.59. The van der Waals surface area contributed by atoms with Crippen molar-refractivity contribution in [2.24, 2.45) is 16.6 Å². The molecule has 0 spiro atoms. The van der Waals surface area contributed by atoms with Crippen LogP contribution in [0.15, 0.2) is 35.3 Å². The van der Waals surface area contributed by atoms with E-state index in [0.29, 0.717) is 18.5 Å². The summed E-state index contributed by atoms with van der Waals surface area (Å²) in [6.07, 6.45) is 2.42. The summed E-state index contributed by atoms with van der Waals surface area (Å²) < 4.78 is 0. The second kappa shape index (κ2) is 9.61.